The summed E-state index contributed by atoms with van der Waals surface area (Å²) >= 11 is 0. The average Bonchev–Trinajstić information content (AvgIpc) is 3.02. The van der Waals surface area contributed by atoms with Crippen molar-refractivity contribution in [1.29, 1.82) is 0 Å². The van der Waals surface area contributed by atoms with Crippen LogP contribution in [0.1, 0.15) is 63.1 Å². The molecule has 0 radical (unpaired) electrons. The number of carbonyl (C=O) groups is 1. The van der Waals surface area contributed by atoms with Crippen molar-refractivity contribution in [2.75, 3.05) is 10.6 Å². The molecule has 2 aromatic carbocycles. The molecule has 0 spiro atoms. The molecular weight excluding hydrogens is 562 g/mol. The number of allylic oxidation sites excluding steroid dienone is 1. The van der Waals surface area contributed by atoms with Crippen molar-refractivity contribution in [3.8, 4) is 16.9 Å². The van der Waals surface area contributed by atoms with Gasteiger partial charge in [-0.3, -0.25) is 14.3 Å². The second kappa shape index (κ2) is 13.6. The zero-order valence-corrected chi connectivity index (χ0v) is 26.4. The number of hydrogen-bond donors (Lipinski definition) is 2. The molecule has 0 aliphatic carbocycles. The van der Waals surface area contributed by atoms with E-state index < -0.39 is 6.03 Å². The van der Waals surface area contributed by atoms with Crippen molar-refractivity contribution in [2.45, 2.75) is 59.6 Å². The maximum Gasteiger partial charge on any atom is 0.323 e. The number of fused-ring (bicyclic) bond motifs is 1. The number of urea groups is 1. The lowest BCUT2D eigenvalue weighted by Gasteiger charge is -2.22. The molecule has 3 heterocycles. The van der Waals surface area contributed by atoms with Crippen molar-refractivity contribution in [1.82, 2.24) is 14.5 Å². The van der Waals surface area contributed by atoms with Gasteiger partial charge in [0.2, 0.25) is 0 Å². The first-order valence-corrected chi connectivity index (χ1v) is 15.1. The fourth-order valence-corrected chi connectivity index (χ4v) is 5.45. The predicted molar refractivity (Wildman–Crippen MR) is 182 cm³/mol. The Morgan fingerprint density at radius 2 is 1.56 bits per heavy atom. The molecule has 8 heteroatoms. The molecule has 5 rings (SSSR count). The van der Waals surface area contributed by atoms with Gasteiger partial charge in [-0.1, -0.05) is 70.2 Å². The monoisotopic (exact) mass is 601 g/mol. The van der Waals surface area contributed by atoms with E-state index in [1.807, 2.05) is 73.7 Å². The topological polar surface area (TPSA) is 98.1 Å². The lowest BCUT2D eigenvalue weighted by atomic mass is 9.93. The van der Waals surface area contributed by atoms with E-state index >= 15 is 0 Å². The largest absolute Gasteiger partial charge is 0.489 e. The summed E-state index contributed by atoms with van der Waals surface area (Å²) < 4.78 is 7.66. The van der Waals surface area contributed by atoms with Gasteiger partial charge < -0.3 is 15.4 Å². The van der Waals surface area contributed by atoms with E-state index in [0.717, 1.165) is 28.0 Å². The minimum Gasteiger partial charge on any atom is -0.489 e. The number of carbonyl (C=O) groups excluding carboxylic acids is 1. The fourth-order valence-electron chi connectivity index (χ4n) is 5.45. The van der Waals surface area contributed by atoms with Crippen LogP contribution in [0.5, 0.6) is 5.75 Å². The molecule has 0 bridgehead atoms. The Bertz CT molecular complexity index is 1890. The third-order valence-electron chi connectivity index (χ3n) is 7.58. The maximum absolute atomic E-state index is 14.2. The summed E-state index contributed by atoms with van der Waals surface area (Å²) in [5, 5.41) is 6.76. The highest BCUT2D eigenvalue weighted by Gasteiger charge is 2.23. The molecule has 8 nitrogen and oxygen atoms in total. The number of amides is 2. The molecule has 5 aromatic rings. The molecular formula is C37H39N5O3. The van der Waals surface area contributed by atoms with Crippen LogP contribution in [0.25, 0.3) is 22.2 Å². The standard InChI is InChI=1S/C37H39N5O3/c1-23(2)21-42-35-31(14-9-17-39-35)32(27-10-7-11-28(20-27)45-22-26-15-18-38-19-16-26)34(36(42)43)41-37(44)40-33-29(24(3)4)12-8-13-30(33)25(5)6/h7-20,24-25H,1,21-22H2,2-6H3,(H2,40,41,44). The van der Waals surface area contributed by atoms with Gasteiger partial charge in [-0.05, 0) is 77.4 Å². The van der Waals surface area contributed by atoms with E-state index in [2.05, 4.69) is 54.9 Å². The molecule has 0 fully saturated rings. The third kappa shape index (κ3) is 6.96. The van der Waals surface area contributed by atoms with Gasteiger partial charge in [0.25, 0.3) is 5.56 Å². The number of nitrogens with zero attached hydrogens (tertiary/aromatic N) is 3. The predicted octanol–water partition coefficient (Wildman–Crippen LogP) is 8.50. The summed E-state index contributed by atoms with van der Waals surface area (Å²) in [6, 6.07) is 20.6. The van der Waals surface area contributed by atoms with E-state index in [9.17, 15) is 9.59 Å². The van der Waals surface area contributed by atoms with Gasteiger partial charge >= 0.3 is 6.03 Å². The van der Waals surface area contributed by atoms with Crippen LogP contribution in [0.15, 0.2) is 102 Å². The number of anilines is 2. The molecule has 2 N–H and O–H groups in total. The number of nitrogens with one attached hydrogen (secondary N) is 2. The Labute approximate surface area is 263 Å². The summed E-state index contributed by atoms with van der Waals surface area (Å²) in [7, 11) is 0. The normalized spacial score (nSPS) is 11.2. The smallest absolute Gasteiger partial charge is 0.323 e. The van der Waals surface area contributed by atoms with E-state index in [1.54, 1.807) is 23.2 Å². The van der Waals surface area contributed by atoms with Crippen LogP contribution in [-0.4, -0.2) is 20.6 Å². The first-order valence-electron chi connectivity index (χ1n) is 15.1. The summed E-state index contributed by atoms with van der Waals surface area (Å²) in [5.74, 6) is 0.989. The Morgan fingerprint density at radius 3 is 2.22 bits per heavy atom. The van der Waals surface area contributed by atoms with Crippen LogP contribution >= 0.6 is 0 Å². The highest BCUT2D eigenvalue weighted by atomic mass is 16.5. The molecule has 0 unspecified atom stereocenters. The van der Waals surface area contributed by atoms with Gasteiger partial charge in [0.15, 0.2) is 0 Å². The molecule has 230 valence electrons. The van der Waals surface area contributed by atoms with Gasteiger partial charge in [-0.15, -0.1) is 0 Å². The molecule has 3 aromatic heterocycles. The minimum absolute atomic E-state index is 0.147. The van der Waals surface area contributed by atoms with Gasteiger partial charge in [0.05, 0.1) is 0 Å². The highest BCUT2D eigenvalue weighted by molar-refractivity contribution is 6.07. The zero-order valence-electron chi connectivity index (χ0n) is 26.4. The Morgan fingerprint density at radius 1 is 0.889 bits per heavy atom. The van der Waals surface area contributed by atoms with Gasteiger partial charge in [-0.2, -0.15) is 0 Å². The van der Waals surface area contributed by atoms with Crippen LogP contribution in [0.3, 0.4) is 0 Å². The number of para-hydroxylation sites is 1. The molecule has 0 aliphatic heterocycles. The first kappa shape index (κ1) is 31.2. The number of ether oxygens (including phenoxy) is 1. The number of benzene rings is 2. The second-order valence-corrected chi connectivity index (χ2v) is 11.8. The molecule has 2 amide bonds. The fraction of sp³-hybridized carbons (Fsp3) is 0.243. The molecule has 45 heavy (non-hydrogen) atoms. The number of rotatable bonds is 10. The highest BCUT2D eigenvalue weighted by Crippen LogP contribution is 2.36. The van der Waals surface area contributed by atoms with Crippen molar-refractivity contribution < 1.29 is 9.53 Å². The molecule has 0 aliphatic rings. The van der Waals surface area contributed by atoms with Crippen LogP contribution < -0.4 is 20.9 Å². The van der Waals surface area contributed by atoms with E-state index in [4.69, 9.17) is 4.74 Å². The van der Waals surface area contributed by atoms with Crippen LogP contribution in [-0.2, 0) is 13.2 Å². The van der Waals surface area contributed by atoms with Gasteiger partial charge in [-0.25, -0.2) is 9.78 Å². The molecule has 0 saturated carbocycles. The lowest BCUT2D eigenvalue weighted by molar-refractivity contribution is 0.262. The third-order valence-corrected chi connectivity index (χ3v) is 7.58. The van der Waals surface area contributed by atoms with Crippen molar-refractivity contribution in [3.05, 3.63) is 125 Å². The Balaban J connectivity index is 1.62. The SMILES string of the molecule is C=C(C)Cn1c(=O)c(NC(=O)Nc2c(C(C)C)cccc2C(C)C)c(-c2cccc(OCc3ccncc3)c2)c2cccnc21. The Hall–Kier alpha value is -5.24. The van der Waals surface area contributed by atoms with Crippen molar-refractivity contribution in [3.63, 3.8) is 0 Å². The average molecular weight is 602 g/mol. The van der Waals surface area contributed by atoms with Crippen LogP contribution in [0.2, 0.25) is 0 Å². The van der Waals surface area contributed by atoms with Gasteiger partial charge in [0.1, 0.15) is 23.7 Å². The van der Waals surface area contributed by atoms with Crippen molar-refractivity contribution >= 4 is 28.4 Å². The Kier molecular flexibility index (Phi) is 9.42. The first-order chi connectivity index (χ1) is 21.6. The number of hydrogen-bond acceptors (Lipinski definition) is 5. The summed E-state index contributed by atoms with van der Waals surface area (Å²) in [6.07, 6.45) is 5.10. The summed E-state index contributed by atoms with van der Waals surface area (Å²) in [5.41, 5.74) is 6.12. The number of aromatic nitrogens is 3. The van der Waals surface area contributed by atoms with Crippen molar-refractivity contribution in [2.24, 2.45) is 0 Å². The van der Waals surface area contributed by atoms with Crippen LogP contribution in [0, 0.1) is 0 Å². The molecule has 0 saturated heterocycles. The minimum atomic E-state index is -0.501. The van der Waals surface area contributed by atoms with E-state index in [-0.39, 0.29) is 29.6 Å². The molecule has 0 atom stereocenters. The van der Waals surface area contributed by atoms with Gasteiger partial charge in [0, 0.05) is 41.8 Å². The van der Waals surface area contributed by atoms with E-state index in [0.29, 0.717) is 34.5 Å². The lowest BCUT2D eigenvalue weighted by Crippen LogP contribution is -2.30. The quantitative estimate of drug-likeness (QED) is 0.156. The van der Waals surface area contributed by atoms with E-state index in [1.165, 1.54) is 0 Å². The number of pyridine rings is 3. The summed E-state index contributed by atoms with van der Waals surface area (Å²) in [4.78, 5) is 36.7. The maximum atomic E-state index is 14.2. The summed E-state index contributed by atoms with van der Waals surface area (Å²) in [6.45, 7) is 14.9. The zero-order chi connectivity index (χ0) is 32.1. The second-order valence-electron chi connectivity index (χ2n) is 11.8. The van der Waals surface area contributed by atoms with Crippen LogP contribution in [0.4, 0.5) is 16.2 Å².